The maximum absolute atomic E-state index is 12.9. The van der Waals surface area contributed by atoms with Gasteiger partial charge in [-0.15, -0.1) is 0 Å². The monoisotopic (exact) mass is 420 g/mol. The number of imidazole rings is 1. The first kappa shape index (κ1) is 19.9. The van der Waals surface area contributed by atoms with Crippen molar-refractivity contribution in [1.82, 2.24) is 29.2 Å². The van der Waals surface area contributed by atoms with Crippen molar-refractivity contribution in [3.8, 4) is 0 Å². The lowest BCUT2D eigenvalue weighted by atomic mass is 10.1. The number of hydrogen-bond donors (Lipinski definition) is 1. The molecule has 1 N–H and O–H groups in total. The average Bonchev–Trinajstić information content (AvgIpc) is 3.44. The molecule has 3 aromatic heterocycles. The molecule has 9 nitrogen and oxygen atoms in total. The second-order valence-corrected chi connectivity index (χ2v) is 7.96. The number of aryl methyl sites for hydroxylation is 2. The van der Waals surface area contributed by atoms with E-state index in [1.54, 1.807) is 0 Å². The van der Waals surface area contributed by atoms with Gasteiger partial charge >= 0.3 is 5.69 Å². The molecule has 4 rings (SSSR count). The molecule has 10 heteroatoms. The molecular weight excluding hydrogens is 396 g/mol. The van der Waals surface area contributed by atoms with Gasteiger partial charge in [0.25, 0.3) is 5.56 Å². The van der Waals surface area contributed by atoms with Crippen LogP contribution in [0.2, 0.25) is 5.28 Å². The summed E-state index contributed by atoms with van der Waals surface area (Å²) >= 11 is 5.95. The highest BCUT2D eigenvalue weighted by atomic mass is 35.5. The Bertz CT molecular complexity index is 1110. The van der Waals surface area contributed by atoms with Gasteiger partial charge in [-0.3, -0.25) is 13.9 Å². The van der Waals surface area contributed by atoms with Crippen LogP contribution in [0.3, 0.4) is 0 Å². The minimum atomic E-state index is -0.406. The molecule has 0 aromatic carbocycles. The molecule has 0 saturated heterocycles. The van der Waals surface area contributed by atoms with Crippen LogP contribution in [0, 0.1) is 0 Å². The van der Waals surface area contributed by atoms with Crippen molar-refractivity contribution in [2.75, 3.05) is 0 Å². The van der Waals surface area contributed by atoms with Crippen LogP contribution >= 0.6 is 11.6 Å². The third-order valence-corrected chi connectivity index (χ3v) is 5.72. The summed E-state index contributed by atoms with van der Waals surface area (Å²) in [6.45, 7) is 2.80. The van der Waals surface area contributed by atoms with Gasteiger partial charge in [-0.1, -0.05) is 31.3 Å². The molecule has 0 radical (unpaired) electrons. The molecule has 0 bridgehead atoms. The van der Waals surface area contributed by atoms with Crippen LogP contribution in [0.1, 0.15) is 69.5 Å². The number of rotatable bonds is 8. The maximum Gasteiger partial charge on any atom is 0.332 e. The molecule has 0 atom stereocenters. The van der Waals surface area contributed by atoms with Crippen molar-refractivity contribution >= 4 is 22.8 Å². The molecule has 29 heavy (non-hydrogen) atoms. The van der Waals surface area contributed by atoms with Crippen molar-refractivity contribution in [1.29, 1.82) is 0 Å². The second-order valence-electron chi connectivity index (χ2n) is 7.60. The normalized spacial score (nSPS) is 15.0. The second kappa shape index (κ2) is 8.52. The van der Waals surface area contributed by atoms with Crippen molar-refractivity contribution in [3.63, 3.8) is 0 Å². The summed E-state index contributed by atoms with van der Waals surface area (Å²) < 4.78 is 8.16. The molecule has 3 heterocycles. The average molecular weight is 421 g/mol. The van der Waals surface area contributed by atoms with Crippen molar-refractivity contribution in [2.24, 2.45) is 0 Å². The molecule has 1 aliphatic carbocycles. The number of halogens is 1. The Morgan fingerprint density at radius 1 is 1.14 bits per heavy atom. The number of aromatic amines is 1. The van der Waals surface area contributed by atoms with Crippen LogP contribution in [0.25, 0.3) is 11.2 Å². The number of unbranched alkanes of at least 4 members (excludes halogenated alkanes) is 1. The van der Waals surface area contributed by atoms with Crippen molar-refractivity contribution in [2.45, 2.75) is 77.3 Å². The first-order valence-electron chi connectivity index (χ1n) is 10.3. The Balaban J connectivity index is 1.53. The highest BCUT2D eigenvalue weighted by Crippen LogP contribution is 2.32. The lowest BCUT2D eigenvalue weighted by molar-refractivity contribution is 0.349. The van der Waals surface area contributed by atoms with Gasteiger partial charge in [0, 0.05) is 25.4 Å². The van der Waals surface area contributed by atoms with Gasteiger partial charge in [0.05, 0.1) is 0 Å². The fourth-order valence-electron chi connectivity index (χ4n) is 3.96. The van der Waals surface area contributed by atoms with Crippen LogP contribution in [-0.2, 0) is 19.5 Å². The van der Waals surface area contributed by atoms with E-state index in [1.165, 1.54) is 22.0 Å². The number of H-pyrrole nitrogens is 1. The van der Waals surface area contributed by atoms with Crippen LogP contribution in [0.15, 0.2) is 14.1 Å². The first-order valence-corrected chi connectivity index (χ1v) is 10.7. The van der Waals surface area contributed by atoms with Crippen LogP contribution in [-0.4, -0.2) is 29.2 Å². The molecule has 1 fully saturated rings. The van der Waals surface area contributed by atoms with E-state index in [-0.39, 0.29) is 23.0 Å². The van der Waals surface area contributed by atoms with Crippen molar-refractivity contribution in [3.05, 3.63) is 37.8 Å². The van der Waals surface area contributed by atoms with E-state index in [0.717, 1.165) is 25.7 Å². The summed E-state index contributed by atoms with van der Waals surface area (Å²) in [5.41, 5.74) is -0.196. The molecular formula is C19H25ClN6O3. The SMILES string of the molecule is CCCCn1c(=O)n(CCCc2noc(C3CCCC3)n2)c(=O)c2[nH]c(Cl)nc21. The Morgan fingerprint density at radius 2 is 1.90 bits per heavy atom. The summed E-state index contributed by atoms with van der Waals surface area (Å²) in [7, 11) is 0. The van der Waals surface area contributed by atoms with Crippen molar-refractivity contribution < 1.29 is 4.52 Å². The standard InChI is InChI=1S/C19H25ClN6O3/c1-2-3-10-25-15-14(22-18(20)23-15)17(27)26(19(25)28)11-6-9-13-21-16(29-24-13)12-7-4-5-8-12/h12H,2-11H2,1H3,(H,22,23). The van der Waals surface area contributed by atoms with Gasteiger partial charge in [0.2, 0.25) is 11.2 Å². The molecule has 156 valence electrons. The minimum absolute atomic E-state index is 0.103. The molecule has 3 aromatic rings. The van der Waals surface area contributed by atoms with Crippen LogP contribution in [0.5, 0.6) is 0 Å². The van der Waals surface area contributed by atoms with Gasteiger partial charge in [-0.2, -0.15) is 9.97 Å². The van der Waals surface area contributed by atoms with E-state index in [1.807, 2.05) is 6.92 Å². The topological polar surface area (TPSA) is 112 Å². The fourth-order valence-corrected chi connectivity index (χ4v) is 4.13. The number of nitrogens with zero attached hydrogens (tertiary/aromatic N) is 5. The summed E-state index contributed by atoms with van der Waals surface area (Å²) in [6, 6.07) is 0. The smallest absolute Gasteiger partial charge is 0.332 e. The Kier molecular flexibility index (Phi) is 5.84. The Hall–Kier alpha value is -2.42. The highest BCUT2D eigenvalue weighted by molar-refractivity contribution is 6.28. The van der Waals surface area contributed by atoms with E-state index in [0.29, 0.717) is 42.7 Å². The molecule has 0 spiro atoms. The zero-order valence-corrected chi connectivity index (χ0v) is 17.2. The minimum Gasteiger partial charge on any atom is -0.339 e. The lowest BCUT2D eigenvalue weighted by Crippen LogP contribution is -2.40. The zero-order chi connectivity index (χ0) is 20.4. The quantitative estimate of drug-likeness (QED) is 0.560. The third kappa shape index (κ3) is 4.01. The predicted octanol–water partition coefficient (Wildman–Crippen LogP) is 3.01. The summed E-state index contributed by atoms with van der Waals surface area (Å²) in [5, 5.41) is 4.16. The number of aromatic nitrogens is 6. The predicted molar refractivity (Wildman–Crippen MR) is 108 cm³/mol. The van der Waals surface area contributed by atoms with Gasteiger partial charge in [0.15, 0.2) is 17.0 Å². The lowest BCUT2D eigenvalue weighted by Gasteiger charge is -2.10. The molecule has 1 aliphatic rings. The van der Waals surface area contributed by atoms with Crippen LogP contribution in [0.4, 0.5) is 0 Å². The van der Waals surface area contributed by atoms with E-state index >= 15 is 0 Å². The Morgan fingerprint density at radius 3 is 2.66 bits per heavy atom. The summed E-state index contributed by atoms with van der Waals surface area (Å²) in [5.74, 6) is 1.71. The number of hydrogen-bond acceptors (Lipinski definition) is 6. The van der Waals surface area contributed by atoms with E-state index < -0.39 is 5.56 Å². The largest absolute Gasteiger partial charge is 0.339 e. The van der Waals surface area contributed by atoms with E-state index in [2.05, 4.69) is 20.1 Å². The molecule has 0 aliphatic heterocycles. The van der Waals surface area contributed by atoms with Gasteiger partial charge in [-0.05, 0) is 37.3 Å². The number of nitrogens with one attached hydrogen (secondary N) is 1. The molecule has 0 amide bonds. The summed E-state index contributed by atoms with van der Waals surface area (Å²) in [4.78, 5) is 37.1. The van der Waals surface area contributed by atoms with Gasteiger partial charge < -0.3 is 9.51 Å². The van der Waals surface area contributed by atoms with Gasteiger partial charge in [-0.25, -0.2) is 4.79 Å². The first-order chi connectivity index (χ1) is 14.1. The number of fused-ring (bicyclic) bond motifs is 1. The van der Waals surface area contributed by atoms with Gasteiger partial charge in [0.1, 0.15) is 0 Å². The Labute approximate surface area is 172 Å². The molecule has 1 saturated carbocycles. The third-order valence-electron chi connectivity index (χ3n) is 5.54. The van der Waals surface area contributed by atoms with Crippen LogP contribution < -0.4 is 11.2 Å². The highest BCUT2D eigenvalue weighted by Gasteiger charge is 2.23. The van der Waals surface area contributed by atoms with E-state index in [9.17, 15) is 9.59 Å². The fraction of sp³-hybridized carbons (Fsp3) is 0.632. The zero-order valence-electron chi connectivity index (χ0n) is 16.5. The van der Waals surface area contributed by atoms with E-state index in [4.69, 9.17) is 16.1 Å². The summed E-state index contributed by atoms with van der Waals surface area (Å²) in [6.07, 6.45) is 7.43. The maximum atomic E-state index is 12.9. The molecule has 0 unspecified atom stereocenters.